The summed E-state index contributed by atoms with van der Waals surface area (Å²) in [6.45, 7) is 0. The van der Waals surface area contributed by atoms with Gasteiger partial charge in [-0.1, -0.05) is 0 Å². The molecular formula is C13H7F2N2O. The van der Waals surface area contributed by atoms with Crippen LogP contribution < -0.4 is 4.74 Å². The molecule has 0 aliphatic rings. The fraction of sp³-hybridized carbons (Fsp3) is 0. The Morgan fingerprint density at radius 3 is 2.72 bits per heavy atom. The number of ether oxygens (including phenoxy) is 1. The van der Waals surface area contributed by atoms with Gasteiger partial charge in [0.25, 0.3) is 0 Å². The zero-order valence-electron chi connectivity index (χ0n) is 9.08. The van der Waals surface area contributed by atoms with Crippen LogP contribution in [0.25, 0.3) is 11.0 Å². The number of hydrogen-bond acceptors (Lipinski definition) is 2. The summed E-state index contributed by atoms with van der Waals surface area (Å²) in [5.41, 5.74) is 0.593. The summed E-state index contributed by atoms with van der Waals surface area (Å²) in [5, 5.41) is 0.657. The van der Waals surface area contributed by atoms with Crippen molar-refractivity contribution in [2.75, 3.05) is 0 Å². The normalized spacial score (nSPS) is 10.8. The predicted octanol–water partition coefficient (Wildman–Crippen LogP) is 3.43. The molecule has 0 unspecified atom stereocenters. The van der Waals surface area contributed by atoms with Crippen LogP contribution >= 0.6 is 0 Å². The van der Waals surface area contributed by atoms with Crippen LogP contribution in [0.4, 0.5) is 8.78 Å². The lowest BCUT2D eigenvalue weighted by atomic mass is 10.3. The molecule has 1 N–H and O–H groups in total. The molecular weight excluding hydrogens is 238 g/mol. The molecule has 5 heteroatoms. The van der Waals surface area contributed by atoms with Crippen molar-refractivity contribution in [3.63, 3.8) is 0 Å². The number of aromatic amines is 1. The van der Waals surface area contributed by atoms with Crippen LogP contribution in [-0.2, 0) is 0 Å². The van der Waals surface area contributed by atoms with Gasteiger partial charge in [0, 0.05) is 12.4 Å². The summed E-state index contributed by atoms with van der Waals surface area (Å²) in [4.78, 5) is 6.95. The number of aromatic nitrogens is 2. The molecule has 1 aromatic carbocycles. The number of halogens is 2. The van der Waals surface area contributed by atoms with E-state index in [2.05, 4.69) is 16.0 Å². The fourth-order valence-electron chi connectivity index (χ4n) is 1.67. The zero-order valence-corrected chi connectivity index (χ0v) is 9.08. The van der Waals surface area contributed by atoms with Gasteiger partial charge in [0.2, 0.25) is 0 Å². The van der Waals surface area contributed by atoms with E-state index in [1.165, 1.54) is 6.20 Å². The van der Waals surface area contributed by atoms with Gasteiger partial charge in [0.05, 0.1) is 5.39 Å². The van der Waals surface area contributed by atoms with Gasteiger partial charge in [-0.2, -0.15) is 0 Å². The van der Waals surface area contributed by atoms with Crippen LogP contribution in [0.1, 0.15) is 0 Å². The van der Waals surface area contributed by atoms with E-state index in [0.29, 0.717) is 16.8 Å². The molecule has 0 atom stereocenters. The van der Waals surface area contributed by atoms with Gasteiger partial charge in [-0.15, -0.1) is 0 Å². The summed E-state index contributed by atoms with van der Waals surface area (Å²) in [7, 11) is 0. The topological polar surface area (TPSA) is 37.9 Å². The van der Waals surface area contributed by atoms with Crippen LogP contribution in [0, 0.1) is 17.7 Å². The molecule has 18 heavy (non-hydrogen) atoms. The van der Waals surface area contributed by atoms with Gasteiger partial charge in [-0.05, 0) is 30.3 Å². The number of pyridine rings is 1. The third-order valence-electron chi connectivity index (χ3n) is 2.49. The van der Waals surface area contributed by atoms with E-state index in [4.69, 9.17) is 4.74 Å². The van der Waals surface area contributed by atoms with Gasteiger partial charge < -0.3 is 9.72 Å². The first-order chi connectivity index (χ1) is 8.75. The molecule has 1 radical (unpaired) electrons. The number of hydrogen-bond donors (Lipinski definition) is 1. The first kappa shape index (κ1) is 10.7. The SMILES string of the molecule is Fc1c[c]cc(F)c1Oc1ccnc2[nH]ccc12. The van der Waals surface area contributed by atoms with Crippen molar-refractivity contribution in [3.05, 3.63) is 54.4 Å². The highest BCUT2D eigenvalue weighted by molar-refractivity contribution is 5.82. The van der Waals surface area contributed by atoms with Gasteiger partial charge >= 0.3 is 0 Å². The molecule has 0 saturated heterocycles. The maximum Gasteiger partial charge on any atom is 0.198 e. The van der Waals surface area contributed by atoms with Gasteiger partial charge in [0.15, 0.2) is 17.4 Å². The van der Waals surface area contributed by atoms with Crippen molar-refractivity contribution in [1.82, 2.24) is 9.97 Å². The molecule has 0 amide bonds. The largest absolute Gasteiger partial charge is 0.450 e. The standard InChI is InChI=1S/C13H7F2N2O/c14-9-2-1-3-10(15)12(9)18-11-5-7-17-13-8(11)4-6-16-13/h2-7H,(H,16,17). The Kier molecular flexibility index (Phi) is 2.44. The summed E-state index contributed by atoms with van der Waals surface area (Å²) >= 11 is 0. The molecule has 0 saturated carbocycles. The molecule has 0 aliphatic carbocycles. The van der Waals surface area contributed by atoms with E-state index < -0.39 is 17.4 Å². The molecule has 3 rings (SSSR count). The number of nitrogens with one attached hydrogen (secondary N) is 1. The molecule has 0 fully saturated rings. The Bertz CT molecular complexity index is 689. The summed E-state index contributed by atoms with van der Waals surface area (Å²) in [6.07, 6.45) is 3.18. The highest BCUT2D eigenvalue weighted by atomic mass is 19.1. The lowest BCUT2D eigenvalue weighted by Gasteiger charge is -2.08. The van der Waals surface area contributed by atoms with Gasteiger partial charge in [-0.25, -0.2) is 13.8 Å². The minimum Gasteiger partial charge on any atom is -0.450 e. The highest BCUT2D eigenvalue weighted by Gasteiger charge is 2.13. The Hall–Kier alpha value is -2.43. The minimum absolute atomic E-state index is 0.338. The van der Waals surface area contributed by atoms with Crippen molar-refractivity contribution >= 4 is 11.0 Å². The van der Waals surface area contributed by atoms with E-state index in [1.807, 2.05) is 0 Å². The van der Waals surface area contributed by atoms with E-state index in [0.717, 1.165) is 12.1 Å². The molecule has 89 valence electrons. The lowest BCUT2D eigenvalue weighted by molar-refractivity contribution is 0.410. The second-order valence-electron chi connectivity index (χ2n) is 3.63. The third kappa shape index (κ3) is 1.69. The second-order valence-corrected chi connectivity index (χ2v) is 3.63. The minimum atomic E-state index is -0.796. The summed E-state index contributed by atoms with van der Waals surface area (Å²) < 4.78 is 32.2. The summed E-state index contributed by atoms with van der Waals surface area (Å²) in [6, 6.07) is 7.65. The van der Waals surface area contributed by atoms with E-state index in [9.17, 15) is 8.78 Å². The highest BCUT2D eigenvalue weighted by Crippen LogP contribution is 2.31. The van der Waals surface area contributed by atoms with Crippen molar-refractivity contribution in [2.24, 2.45) is 0 Å². The fourth-order valence-corrected chi connectivity index (χ4v) is 1.67. The monoisotopic (exact) mass is 245 g/mol. The van der Waals surface area contributed by atoms with Crippen LogP contribution in [0.15, 0.2) is 36.7 Å². The van der Waals surface area contributed by atoms with Crippen molar-refractivity contribution in [3.8, 4) is 11.5 Å². The molecule has 2 aromatic heterocycles. The second kappa shape index (κ2) is 4.10. The molecule has 0 bridgehead atoms. The Balaban J connectivity index is 2.09. The maximum atomic E-state index is 13.4. The van der Waals surface area contributed by atoms with Crippen LogP contribution in [-0.4, -0.2) is 9.97 Å². The molecule has 0 spiro atoms. The summed E-state index contributed by atoms with van der Waals surface area (Å²) in [5.74, 6) is -1.70. The number of nitrogens with zero attached hydrogens (tertiary/aromatic N) is 1. The lowest BCUT2D eigenvalue weighted by Crippen LogP contribution is -1.93. The smallest absolute Gasteiger partial charge is 0.198 e. The Morgan fingerprint density at radius 2 is 1.94 bits per heavy atom. The molecule has 3 aromatic rings. The van der Waals surface area contributed by atoms with E-state index >= 15 is 0 Å². The predicted molar refractivity (Wildman–Crippen MR) is 61.4 cm³/mol. The average Bonchev–Trinajstić information content (AvgIpc) is 2.83. The van der Waals surface area contributed by atoms with Crippen molar-refractivity contribution < 1.29 is 13.5 Å². The molecule has 2 heterocycles. The van der Waals surface area contributed by atoms with Crippen LogP contribution in [0.3, 0.4) is 0 Å². The third-order valence-corrected chi connectivity index (χ3v) is 2.49. The first-order valence-electron chi connectivity index (χ1n) is 5.21. The molecule has 0 aliphatic heterocycles. The number of H-pyrrole nitrogens is 1. The van der Waals surface area contributed by atoms with Crippen molar-refractivity contribution in [2.45, 2.75) is 0 Å². The van der Waals surface area contributed by atoms with Crippen LogP contribution in [0.5, 0.6) is 11.5 Å². The quantitative estimate of drug-likeness (QED) is 0.751. The molecule has 3 nitrogen and oxygen atoms in total. The van der Waals surface area contributed by atoms with E-state index in [-0.39, 0.29) is 0 Å². The number of fused-ring (bicyclic) bond motifs is 1. The zero-order chi connectivity index (χ0) is 12.5. The maximum absolute atomic E-state index is 13.4. The number of rotatable bonds is 2. The average molecular weight is 245 g/mol. The van der Waals surface area contributed by atoms with E-state index in [1.54, 1.807) is 18.3 Å². The van der Waals surface area contributed by atoms with Crippen molar-refractivity contribution in [1.29, 1.82) is 0 Å². The van der Waals surface area contributed by atoms with Gasteiger partial charge in [-0.3, -0.25) is 0 Å². The Morgan fingerprint density at radius 1 is 1.17 bits per heavy atom. The first-order valence-corrected chi connectivity index (χ1v) is 5.21. The van der Waals surface area contributed by atoms with Gasteiger partial charge in [0.1, 0.15) is 11.4 Å². The number of benzene rings is 1. The Labute approximate surface area is 101 Å². The van der Waals surface area contributed by atoms with Crippen LogP contribution in [0.2, 0.25) is 0 Å².